The molecule has 0 spiro atoms. The van der Waals surface area contributed by atoms with Crippen molar-refractivity contribution in [3.63, 3.8) is 0 Å². The number of ether oxygens (including phenoxy) is 1. The molecule has 0 radical (unpaired) electrons. The number of thiophene rings is 1. The standard InChI is InChI=1S/C25H31N3O3S2/c1-16(2)22(17-9-5-4-6-10-17)26-20(29)15-32-25-27-23-21(24(30)28(25)13-14-31-3)18-11-7-8-12-19(18)33-23/h4-6,9-10,16,22H,7-8,11-15H2,1-3H3,(H,26,29). The average molecular weight is 486 g/mol. The maximum absolute atomic E-state index is 13.4. The number of benzene rings is 1. The van der Waals surface area contributed by atoms with Crippen LogP contribution in [0.5, 0.6) is 0 Å². The van der Waals surface area contributed by atoms with E-state index in [-0.39, 0.29) is 29.2 Å². The zero-order valence-corrected chi connectivity index (χ0v) is 21.1. The second kappa shape index (κ2) is 10.8. The van der Waals surface area contributed by atoms with Crippen LogP contribution in [-0.4, -0.2) is 34.9 Å². The van der Waals surface area contributed by atoms with Gasteiger partial charge in [-0.25, -0.2) is 4.98 Å². The molecule has 1 aliphatic carbocycles. The maximum Gasteiger partial charge on any atom is 0.263 e. The highest BCUT2D eigenvalue weighted by molar-refractivity contribution is 7.99. The molecule has 2 aromatic heterocycles. The Hall–Kier alpha value is -2.16. The number of nitrogens with zero attached hydrogens (tertiary/aromatic N) is 2. The van der Waals surface area contributed by atoms with Gasteiger partial charge in [0, 0.05) is 12.0 Å². The quantitative estimate of drug-likeness (QED) is 0.355. The van der Waals surface area contributed by atoms with Gasteiger partial charge in [0.25, 0.3) is 5.56 Å². The smallest absolute Gasteiger partial charge is 0.263 e. The van der Waals surface area contributed by atoms with Gasteiger partial charge in [-0.05, 0) is 42.7 Å². The van der Waals surface area contributed by atoms with Gasteiger partial charge in [-0.15, -0.1) is 11.3 Å². The summed E-state index contributed by atoms with van der Waals surface area (Å²) >= 11 is 2.96. The van der Waals surface area contributed by atoms with E-state index in [0.29, 0.717) is 18.3 Å². The Labute approximate surface area is 202 Å². The van der Waals surface area contributed by atoms with Crippen molar-refractivity contribution in [3.05, 3.63) is 56.7 Å². The number of thioether (sulfide) groups is 1. The summed E-state index contributed by atoms with van der Waals surface area (Å²) in [6.45, 7) is 5.04. The number of amides is 1. The van der Waals surface area contributed by atoms with Crippen molar-refractivity contribution >= 4 is 39.2 Å². The first-order valence-electron chi connectivity index (χ1n) is 11.5. The molecule has 176 valence electrons. The van der Waals surface area contributed by atoms with E-state index in [1.807, 2.05) is 30.3 Å². The molecule has 1 aromatic carbocycles. The largest absolute Gasteiger partial charge is 0.383 e. The van der Waals surface area contributed by atoms with E-state index >= 15 is 0 Å². The van der Waals surface area contributed by atoms with Crippen LogP contribution in [0, 0.1) is 5.92 Å². The van der Waals surface area contributed by atoms with E-state index < -0.39 is 0 Å². The molecule has 2 heterocycles. The van der Waals surface area contributed by atoms with Crippen LogP contribution in [0.15, 0.2) is 40.3 Å². The van der Waals surface area contributed by atoms with Gasteiger partial charge in [0.05, 0.1) is 30.3 Å². The van der Waals surface area contributed by atoms with Crippen LogP contribution < -0.4 is 10.9 Å². The first-order valence-corrected chi connectivity index (χ1v) is 13.3. The van der Waals surface area contributed by atoms with E-state index in [1.54, 1.807) is 23.0 Å². The van der Waals surface area contributed by atoms with Gasteiger partial charge in [0.2, 0.25) is 5.91 Å². The Bertz CT molecular complexity index is 1170. The third-order valence-electron chi connectivity index (χ3n) is 6.03. The van der Waals surface area contributed by atoms with Crippen molar-refractivity contribution in [1.82, 2.24) is 14.9 Å². The van der Waals surface area contributed by atoms with Gasteiger partial charge in [0.15, 0.2) is 5.16 Å². The number of carbonyl (C=O) groups excluding carboxylic acids is 1. The number of aromatic nitrogens is 2. The number of hydrogen-bond acceptors (Lipinski definition) is 6. The van der Waals surface area contributed by atoms with Crippen molar-refractivity contribution in [2.24, 2.45) is 5.92 Å². The van der Waals surface area contributed by atoms with Crippen molar-refractivity contribution < 1.29 is 9.53 Å². The topological polar surface area (TPSA) is 73.2 Å². The van der Waals surface area contributed by atoms with Gasteiger partial charge < -0.3 is 10.1 Å². The second-order valence-corrected chi connectivity index (χ2v) is 10.7. The Morgan fingerprint density at radius 2 is 2.00 bits per heavy atom. The molecular formula is C25H31N3O3S2. The molecular weight excluding hydrogens is 454 g/mol. The number of carbonyl (C=O) groups is 1. The molecule has 1 atom stereocenters. The lowest BCUT2D eigenvalue weighted by Crippen LogP contribution is -2.33. The summed E-state index contributed by atoms with van der Waals surface area (Å²) in [7, 11) is 1.62. The highest BCUT2D eigenvalue weighted by Gasteiger charge is 2.23. The summed E-state index contributed by atoms with van der Waals surface area (Å²) < 4.78 is 6.93. The minimum atomic E-state index is -0.0688. The number of nitrogens with one attached hydrogen (secondary N) is 1. The fourth-order valence-electron chi connectivity index (χ4n) is 4.35. The van der Waals surface area contributed by atoms with Crippen molar-refractivity contribution in [2.45, 2.75) is 57.3 Å². The van der Waals surface area contributed by atoms with Crippen LogP contribution in [0.1, 0.15) is 48.7 Å². The molecule has 1 amide bonds. The highest BCUT2D eigenvalue weighted by Crippen LogP contribution is 2.34. The lowest BCUT2D eigenvalue weighted by atomic mass is 9.96. The average Bonchev–Trinajstić information content (AvgIpc) is 3.19. The lowest BCUT2D eigenvalue weighted by Gasteiger charge is -2.23. The van der Waals surface area contributed by atoms with Gasteiger partial charge in [0.1, 0.15) is 4.83 Å². The minimum Gasteiger partial charge on any atom is -0.383 e. The summed E-state index contributed by atoms with van der Waals surface area (Å²) in [5.41, 5.74) is 2.26. The number of hydrogen-bond donors (Lipinski definition) is 1. The number of fused-ring (bicyclic) bond motifs is 3. The fraction of sp³-hybridized carbons (Fsp3) is 0.480. The molecule has 3 aromatic rings. The molecule has 0 bridgehead atoms. The van der Waals surface area contributed by atoms with Gasteiger partial charge in [-0.3, -0.25) is 14.2 Å². The van der Waals surface area contributed by atoms with Crippen LogP contribution in [0.3, 0.4) is 0 Å². The molecule has 1 aliphatic rings. The number of methoxy groups -OCH3 is 1. The third kappa shape index (κ3) is 5.34. The number of rotatable bonds is 9. The van der Waals surface area contributed by atoms with E-state index in [4.69, 9.17) is 9.72 Å². The summed E-state index contributed by atoms with van der Waals surface area (Å²) in [5, 5.41) is 4.51. The second-order valence-electron chi connectivity index (χ2n) is 8.72. The molecule has 8 heteroatoms. The Morgan fingerprint density at radius 1 is 1.24 bits per heavy atom. The maximum atomic E-state index is 13.4. The van der Waals surface area contributed by atoms with E-state index in [9.17, 15) is 9.59 Å². The first kappa shape index (κ1) is 24.0. The fourth-order valence-corrected chi connectivity index (χ4v) is 6.49. The molecule has 1 unspecified atom stereocenters. The zero-order valence-electron chi connectivity index (χ0n) is 19.4. The SMILES string of the molecule is COCCn1c(SCC(=O)NC(c2ccccc2)C(C)C)nc2sc3c(c2c1=O)CCCC3. The molecule has 4 rings (SSSR count). The predicted octanol–water partition coefficient (Wildman–Crippen LogP) is 4.59. The van der Waals surface area contributed by atoms with Crippen LogP contribution >= 0.6 is 23.1 Å². The van der Waals surface area contributed by atoms with Gasteiger partial charge >= 0.3 is 0 Å². The Balaban J connectivity index is 1.57. The summed E-state index contributed by atoms with van der Waals surface area (Å²) in [5.74, 6) is 0.389. The molecule has 1 N–H and O–H groups in total. The van der Waals surface area contributed by atoms with Crippen molar-refractivity contribution in [3.8, 4) is 0 Å². The Morgan fingerprint density at radius 3 is 2.73 bits per heavy atom. The molecule has 0 aliphatic heterocycles. The van der Waals surface area contributed by atoms with Crippen LogP contribution in [0.25, 0.3) is 10.2 Å². The molecule has 0 fully saturated rings. The molecule has 6 nitrogen and oxygen atoms in total. The van der Waals surface area contributed by atoms with E-state index in [2.05, 4.69) is 19.2 Å². The van der Waals surface area contributed by atoms with Crippen molar-refractivity contribution in [1.29, 1.82) is 0 Å². The van der Waals surface area contributed by atoms with Crippen LogP contribution in [0.4, 0.5) is 0 Å². The first-order chi connectivity index (χ1) is 16.0. The third-order valence-corrected chi connectivity index (χ3v) is 8.20. The molecule has 0 saturated carbocycles. The molecule has 33 heavy (non-hydrogen) atoms. The van der Waals surface area contributed by atoms with Crippen molar-refractivity contribution in [2.75, 3.05) is 19.5 Å². The predicted molar refractivity (Wildman–Crippen MR) is 135 cm³/mol. The monoisotopic (exact) mass is 485 g/mol. The molecule has 0 saturated heterocycles. The van der Waals surface area contributed by atoms with Crippen LogP contribution in [-0.2, 0) is 28.9 Å². The number of aryl methyl sites for hydroxylation is 2. The summed E-state index contributed by atoms with van der Waals surface area (Å²) in [6, 6.07) is 9.96. The zero-order chi connectivity index (χ0) is 23.4. The lowest BCUT2D eigenvalue weighted by molar-refractivity contribution is -0.119. The van der Waals surface area contributed by atoms with E-state index in [1.165, 1.54) is 22.2 Å². The van der Waals surface area contributed by atoms with Crippen LogP contribution in [0.2, 0.25) is 0 Å². The summed E-state index contributed by atoms with van der Waals surface area (Å²) in [4.78, 5) is 33.3. The normalized spacial score (nSPS) is 14.4. The van der Waals surface area contributed by atoms with Gasteiger partial charge in [-0.2, -0.15) is 0 Å². The highest BCUT2D eigenvalue weighted by atomic mass is 32.2. The van der Waals surface area contributed by atoms with Gasteiger partial charge in [-0.1, -0.05) is 55.9 Å². The summed E-state index contributed by atoms with van der Waals surface area (Å²) in [6.07, 6.45) is 4.25. The minimum absolute atomic E-state index is 0.0105. The Kier molecular flexibility index (Phi) is 7.88. The van der Waals surface area contributed by atoms with E-state index in [0.717, 1.165) is 41.5 Å².